The minimum Gasteiger partial charge on any atom is -0.348 e. The van der Waals surface area contributed by atoms with Gasteiger partial charge in [0.15, 0.2) is 0 Å². The standard InChI is InChI=1S/C15H17N7O3/c1-9(6-22-8-16-7-18-22)19-13(23)10-4-11-12(17-5-10)20(2)15(25)21(3)14(11)24/h4-5,7-9H,6H2,1-3H3,(H,19,23). The van der Waals surface area contributed by atoms with E-state index in [1.165, 1.54) is 37.3 Å². The van der Waals surface area contributed by atoms with Gasteiger partial charge >= 0.3 is 5.69 Å². The molecule has 1 N–H and O–H groups in total. The Morgan fingerprint density at radius 2 is 2.04 bits per heavy atom. The van der Waals surface area contributed by atoms with E-state index in [9.17, 15) is 14.4 Å². The van der Waals surface area contributed by atoms with E-state index in [0.29, 0.717) is 6.54 Å². The summed E-state index contributed by atoms with van der Waals surface area (Å²) in [5.74, 6) is -0.363. The first-order valence-electron chi connectivity index (χ1n) is 7.57. The molecule has 0 spiro atoms. The van der Waals surface area contributed by atoms with Crippen LogP contribution in [0.15, 0.2) is 34.5 Å². The first-order chi connectivity index (χ1) is 11.9. The molecule has 0 radical (unpaired) electrons. The maximum Gasteiger partial charge on any atom is 0.332 e. The average Bonchev–Trinajstić information content (AvgIpc) is 3.10. The van der Waals surface area contributed by atoms with Gasteiger partial charge in [0.2, 0.25) is 0 Å². The Bertz CT molecular complexity index is 1050. The van der Waals surface area contributed by atoms with Crippen molar-refractivity contribution < 1.29 is 4.79 Å². The van der Waals surface area contributed by atoms with Crippen molar-refractivity contribution >= 4 is 16.9 Å². The summed E-state index contributed by atoms with van der Waals surface area (Å²) in [4.78, 5) is 44.5. The van der Waals surface area contributed by atoms with Gasteiger partial charge in [-0.25, -0.2) is 14.8 Å². The molecule has 0 saturated heterocycles. The number of pyridine rings is 1. The van der Waals surface area contributed by atoms with Crippen LogP contribution < -0.4 is 16.6 Å². The van der Waals surface area contributed by atoms with Crippen LogP contribution >= 0.6 is 0 Å². The summed E-state index contributed by atoms with van der Waals surface area (Å²) in [5.41, 5.74) is -0.478. The molecule has 0 bridgehead atoms. The number of amides is 1. The van der Waals surface area contributed by atoms with Crippen LogP contribution in [0.25, 0.3) is 11.0 Å². The van der Waals surface area contributed by atoms with Gasteiger partial charge in [-0.3, -0.25) is 23.4 Å². The molecule has 1 amide bonds. The molecule has 3 rings (SSSR count). The van der Waals surface area contributed by atoms with Crippen molar-refractivity contribution in [2.24, 2.45) is 14.1 Å². The zero-order valence-electron chi connectivity index (χ0n) is 14.0. The second-order valence-corrected chi connectivity index (χ2v) is 5.79. The van der Waals surface area contributed by atoms with Crippen LogP contribution in [0.3, 0.4) is 0 Å². The highest BCUT2D eigenvalue weighted by molar-refractivity contribution is 5.96. The quantitative estimate of drug-likeness (QED) is 0.652. The first-order valence-corrected chi connectivity index (χ1v) is 7.57. The summed E-state index contributed by atoms with van der Waals surface area (Å²) in [5, 5.41) is 7.01. The van der Waals surface area contributed by atoms with Crippen LogP contribution in [0.2, 0.25) is 0 Å². The van der Waals surface area contributed by atoms with Crippen molar-refractivity contribution in [2.45, 2.75) is 19.5 Å². The fourth-order valence-electron chi connectivity index (χ4n) is 2.55. The van der Waals surface area contributed by atoms with E-state index in [1.807, 2.05) is 6.92 Å². The van der Waals surface area contributed by atoms with Gasteiger partial charge in [0.25, 0.3) is 11.5 Å². The van der Waals surface area contributed by atoms with Gasteiger partial charge in [-0.05, 0) is 13.0 Å². The summed E-state index contributed by atoms with van der Waals surface area (Å²) in [6.45, 7) is 2.29. The Kier molecular flexibility index (Phi) is 4.17. The third kappa shape index (κ3) is 3.05. The molecule has 1 atom stereocenters. The van der Waals surface area contributed by atoms with E-state index < -0.39 is 11.2 Å². The van der Waals surface area contributed by atoms with Crippen LogP contribution in [0.5, 0.6) is 0 Å². The van der Waals surface area contributed by atoms with Crippen LogP contribution in [0.4, 0.5) is 0 Å². The third-order valence-corrected chi connectivity index (χ3v) is 3.86. The third-order valence-electron chi connectivity index (χ3n) is 3.86. The van der Waals surface area contributed by atoms with Gasteiger partial charge in [0, 0.05) is 26.3 Å². The fourth-order valence-corrected chi connectivity index (χ4v) is 2.55. The average molecular weight is 343 g/mol. The first kappa shape index (κ1) is 16.6. The highest BCUT2D eigenvalue weighted by Gasteiger charge is 2.15. The van der Waals surface area contributed by atoms with Gasteiger partial charge in [0.05, 0.1) is 17.5 Å². The van der Waals surface area contributed by atoms with Crippen molar-refractivity contribution in [3.05, 3.63) is 51.3 Å². The summed E-state index contributed by atoms with van der Waals surface area (Å²) in [7, 11) is 2.91. The smallest absolute Gasteiger partial charge is 0.332 e. The predicted octanol–water partition coefficient (Wildman–Crippen LogP) is -0.958. The minimum absolute atomic E-state index is 0.201. The van der Waals surface area contributed by atoms with E-state index in [2.05, 4.69) is 20.4 Å². The summed E-state index contributed by atoms with van der Waals surface area (Å²) >= 11 is 0. The number of carbonyl (C=O) groups is 1. The second kappa shape index (κ2) is 6.30. The Morgan fingerprint density at radius 3 is 2.72 bits per heavy atom. The Morgan fingerprint density at radius 1 is 1.28 bits per heavy atom. The summed E-state index contributed by atoms with van der Waals surface area (Å²) in [6.07, 6.45) is 4.32. The SMILES string of the molecule is CC(Cn1cncn1)NC(=O)c1cnc2c(c1)c(=O)n(C)c(=O)n2C. The highest BCUT2D eigenvalue weighted by atomic mass is 16.2. The van der Waals surface area contributed by atoms with Gasteiger partial charge in [-0.15, -0.1) is 0 Å². The maximum absolute atomic E-state index is 12.4. The molecule has 0 fully saturated rings. The van der Waals surface area contributed by atoms with Crippen molar-refractivity contribution in [3.8, 4) is 0 Å². The lowest BCUT2D eigenvalue weighted by Gasteiger charge is -2.14. The van der Waals surface area contributed by atoms with Gasteiger partial charge < -0.3 is 5.32 Å². The van der Waals surface area contributed by atoms with Crippen LogP contribution in [-0.2, 0) is 20.6 Å². The molecule has 10 heteroatoms. The van der Waals surface area contributed by atoms with Crippen molar-refractivity contribution in [3.63, 3.8) is 0 Å². The summed E-state index contributed by atoms with van der Waals surface area (Å²) in [6, 6.07) is 1.25. The number of hydrogen-bond acceptors (Lipinski definition) is 6. The molecule has 0 aliphatic heterocycles. The van der Waals surface area contributed by atoms with E-state index in [1.54, 1.807) is 11.0 Å². The fraction of sp³-hybridized carbons (Fsp3) is 0.333. The lowest BCUT2D eigenvalue weighted by atomic mass is 10.2. The number of nitrogens with one attached hydrogen (secondary N) is 1. The molecular weight excluding hydrogens is 326 g/mol. The molecule has 3 heterocycles. The van der Waals surface area contributed by atoms with E-state index >= 15 is 0 Å². The van der Waals surface area contributed by atoms with Gasteiger partial charge in [-0.1, -0.05) is 0 Å². The van der Waals surface area contributed by atoms with Crippen molar-refractivity contribution in [1.82, 2.24) is 34.2 Å². The van der Waals surface area contributed by atoms with Gasteiger partial charge in [0.1, 0.15) is 18.3 Å². The largest absolute Gasteiger partial charge is 0.348 e. The molecule has 3 aromatic heterocycles. The molecule has 130 valence electrons. The van der Waals surface area contributed by atoms with Crippen LogP contribution in [0.1, 0.15) is 17.3 Å². The maximum atomic E-state index is 12.4. The topological polar surface area (TPSA) is 117 Å². The molecule has 0 aliphatic carbocycles. The Labute approximate surface area is 141 Å². The number of aryl methyl sites for hydroxylation is 1. The molecule has 0 saturated carbocycles. The van der Waals surface area contributed by atoms with Gasteiger partial charge in [-0.2, -0.15) is 5.10 Å². The second-order valence-electron chi connectivity index (χ2n) is 5.79. The number of fused-ring (bicyclic) bond motifs is 1. The molecular formula is C15H17N7O3. The lowest BCUT2D eigenvalue weighted by molar-refractivity contribution is 0.0936. The number of rotatable bonds is 4. The van der Waals surface area contributed by atoms with E-state index in [-0.39, 0.29) is 28.5 Å². The lowest BCUT2D eigenvalue weighted by Crippen LogP contribution is -2.38. The zero-order valence-corrected chi connectivity index (χ0v) is 14.0. The number of aromatic nitrogens is 6. The number of carbonyl (C=O) groups excluding carboxylic acids is 1. The van der Waals surface area contributed by atoms with Crippen molar-refractivity contribution in [2.75, 3.05) is 0 Å². The number of hydrogen-bond donors (Lipinski definition) is 1. The predicted molar refractivity (Wildman–Crippen MR) is 89.2 cm³/mol. The van der Waals surface area contributed by atoms with E-state index in [0.717, 1.165) is 4.57 Å². The zero-order chi connectivity index (χ0) is 18.1. The van der Waals surface area contributed by atoms with Crippen LogP contribution in [-0.4, -0.2) is 40.8 Å². The molecule has 1 unspecified atom stereocenters. The Balaban J connectivity index is 1.90. The molecule has 0 aromatic carbocycles. The normalized spacial score (nSPS) is 12.3. The van der Waals surface area contributed by atoms with E-state index in [4.69, 9.17) is 0 Å². The molecule has 0 aliphatic rings. The molecule has 25 heavy (non-hydrogen) atoms. The monoisotopic (exact) mass is 343 g/mol. The number of nitrogens with zero attached hydrogens (tertiary/aromatic N) is 6. The van der Waals surface area contributed by atoms with Crippen LogP contribution in [0, 0.1) is 0 Å². The summed E-state index contributed by atoms with van der Waals surface area (Å²) < 4.78 is 3.86. The van der Waals surface area contributed by atoms with Crippen molar-refractivity contribution in [1.29, 1.82) is 0 Å². The molecule has 10 nitrogen and oxygen atoms in total. The molecule has 3 aromatic rings. The highest BCUT2D eigenvalue weighted by Crippen LogP contribution is 2.07. The minimum atomic E-state index is -0.490. The Hall–Kier alpha value is -3.30.